The third kappa shape index (κ3) is 5.09. The number of hydrogen-bond acceptors (Lipinski definition) is 2. The van der Waals surface area contributed by atoms with Crippen molar-refractivity contribution in [2.24, 2.45) is 0 Å². The largest absolute Gasteiger partial charge is 0.289 e. The lowest BCUT2D eigenvalue weighted by Gasteiger charge is -2.08. The third-order valence-electron chi connectivity index (χ3n) is 3.67. The minimum absolute atomic E-state index is 0.0399. The van der Waals surface area contributed by atoms with Crippen LogP contribution in [0.4, 0.5) is 0 Å². The first-order valence-corrected chi connectivity index (χ1v) is 9.32. The molecular formula is C22H17ClOS. The number of carbonyl (C=O) groups is 1. The van der Waals surface area contributed by atoms with Crippen molar-refractivity contribution >= 4 is 34.1 Å². The molecule has 3 aromatic rings. The highest BCUT2D eigenvalue weighted by atomic mass is 35.5. The third-order valence-corrected chi connectivity index (χ3v) is 5.04. The van der Waals surface area contributed by atoms with Crippen LogP contribution in [-0.4, -0.2) is 5.78 Å². The first-order chi connectivity index (χ1) is 12.2. The van der Waals surface area contributed by atoms with Gasteiger partial charge in [0.25, 0.3) is 0 Å². The van der Waals surface area contributed by atoms with Crippen molar-refractivity contribution in [2.45, 2.75) is 5.75 Å². The van der Waals surface area contributed by atoms with E-state index in [0.717, 1.165) is 16.2 Å². The van der Waals surface area contributed by atoms with Gasteiger partial charge in [0, 0.05) is 27.3 Å². The molecule has 124 valence electrons. The molecule has 0 saturated heterocycles. The second-order valence-electron chi connectivity index (χ2n) is 5.52. The topological polar surface area (TPSA) is 17.1 Å². The Bertz CT molecular complexity index is 873. The zero-order valence-electron chi connectivity index (χ0n) is 13.6. The summed E-state index contributed by atoms with van der Waals surface area (Å²) in [4.78, 5) is 13.6. The highest BCUT2D eigenvalue weighted by Crippen LogP contribution is 2.31. The summed E-state index contributed by atoms with van der Waals surface area (Å²) in [7, 11) is 0. The lowest BCUT2D eigenvalue weighted by atomic mass is 10.1. The van der Waals surface area contributed by atoms with E-state index in [4.69, 9.17) is 11.6 Å². The molecule has 3 heteroatoms. The summed E-state index contributed by atoms with van der Waals surface area (Å²) in [5, 5.41) is 0.567. The summed E-state index contributed by atoms with van der Waals surface area (Å²) in [5.41, 5.74) is 2.87. The van der Waals surface area contributed by atoms with Gasteiger partial charge >= 0.3 is 0 Å². The summed E-state index contributed by atoms with van der Waals surface area (Å²) < 4.78 is 0. The van der Waals surface area contributed by atoms with Crippen LogP contribution >= 0.6 is 23.4 Å². The first-order valence-electron chi connectivity index (χ1n) is 7.96. The molecule has 0 amide bonds. The molecule has 3 rings (SSSR count). The van der Waals surface area contributed by atoms with Gasteiger partial charge in [-0.1, -0.05) is 84.4 Å². The van der Waals surface area contributed by atoms with E-state index < -0.39 is 0 Å². The summed E-state index contributed by atoms with van der Waals surface area (Å²) in [6.45, 7) is 0. The maximum absolute atomic E-state index is 12.6. The first kappa shape index (κ1) is 17.5. The molecule has 0 bridgehead atoms. The van der Waals surface area contributed by atoms with Crippen LogP contribution in [0.2, 0.25) is 5.02 Å². The van der Waals surface area contributed by atoms with Crippen molar-refractivity contribution in [3.05, 3.63) is 113 Å². The SMILES string of the molecule is O=C(/C=C(/SCc1ccccc1)c1ccccc1)c1cccc(Cl)c1. The fourth-order valence-electron chi connectivity index (χ4n) is 2.39. The van der Waals surface area contributed by atoms with Gasteiger partial charge in [0.15, 0.2) is 5.78 Å². The molecule has 0 radical (unpaired) electrons. The Morgan fingerprint density at radius 3 is 2.16 bits per heavy atom. The molecular weight excluding hydrogens is 348 g/mol. The van der Waals surface area contributed by atoms with Gasteiger partial charge in [0.2, 0.25) is 0 Å². The fourth-order valence-corrected chi connectivity index (χ4v) is 3.59. The molecule has 0 heterocycles. The Labute approximate surface area is 157 Å². The number of hydrogen-bond donors (Lipinski definition) is 0. The molecule has 0 aliphatic rings. The standard InChI is InChI=1S/C22H17ClOS/c23-20-13-7-12-19(14-20)21(24)15-22(18-10-5-2-6-11-18)25-16-17-8-3-1-4-9-17/h1-15H,16H2/b22-15+. The van der Waals surface area contributed by atoms with E-state index >= 15 is 0 Å². The van der Waals surface area contributed by atoms with Gasteiger partial charge in [-0.2, -0.15) is 0 Å². The van der Waals surface area contributed by atoms with Gasteiger partial charge in [0.1, 0.15) is 0 Å². The lowest BCUT2D eigenvalue weighted by Crippen LogP contribution is -1.96. The van der Waals surface area contributed by atoms with Crippen LogP contribution < -0.4 is 0 Å². The van der Waals surface area contributed by atoms with E-state index in [0.29, 0.717) is 10.6 Å². The van der Waals surface area contributed by atoms with Gasteiger partial charge < -0.3 is 0 Å². The van der Waals surface area contributed by atoms with Crippen LogP contribution in [0.1, 0.15) is 21.5 Å². The van der Waals surface area contributed by atoms with Gasteiger partial charge in [-0.25, -0.2) is 0 Å². The molecule has 0 N–H and O–H groups in total. The number of allylic oxidation sites excluding steroid dienone is 1. The molecule has 0 aliphatic heterocycles. The van der Waals surface area contributed by atoms with Gasteiger partial charge in [-0.15, -0.1) is 11.8 Å². The maximum Gasteiger partial charge on any atom is 0.187 e. The Kier molecular flexibility index (Phi) is 6.10. The number of thioether (sulfide) groups is 1. The van der Waals surface area contributed by atoms with Crippen molar-refractivity contribution in [3.8, 4) is 0 Å². The van der Waals surface area contributed by atoms with Crippen LogP contribution in [0.5, 0.6) is 0 Å². The zero-order valence-corrected chi connectivity index (χ0v) is 15.1. The van der Waals surface area contributed by atoms with Crippen LogP contribution in [0.15, 0.2) is 91.0 Å². The maximum atomic E-state index is 12.6. The minimum Gasteiger partial charge on any atom is -0.289 e. The normalized spacial score (nSPS) is 11.3. The second kappa shape index (κ2) is 8.70. The van der Waals surface area contributed by atoms with E-state index in [-0.39, 0.29) is 5.78 Å². The van der Waals surface area contributed by atoms with Gasteiger partial charge in [-0.05, 0) is 23.3 Å². The van der Waals surface area contributed by atoms with Crippen LogP contribution in [0.3, 0.4) is 0 Å². The van der Waals surface area contributed by atoms with E-state index in [1.54, 1.807) is 42.1 Å². The Morgan fingerprint density at radius 1 is 0.840 bits per heavy atom. The summed E-state index contributed by atoms with van der Waals surface area (Å²) in [6.07, 6.45) is 1.70. The van der Waals surface area contributed by atoms with E-state index in [2.05, 4.69) is 12.1 Å². The van der Waals surface area contributed by atoms with Crippen molar-refractivity contribution in [3.63, 3.8) is 0 Å². The second-order valence-corrected chi connectivity index (χ2v) is 6.98. The lowest BCUT2D eigenvalue weighted by molar-refractivity contribution is 0.104. The Morgan fingerprint density at radius 2 is 1.48 bits per heavy atom. The molecule has 3 aromatic carbocycles. The van der Waals surface area contributed by atoms with Crippen molar-refractivity contribution in [1.29, 1.82) is 0 Å². The Balaban J connectivity index is 1.86. The molecule has 0 fully saturated rings. The molecule has 0 saturated carbocycles. The molecule has 25 heavy (non-hydrogen) atoms. The van der Waals surface area contributed by atoms with E-state index in [1.165, 1.54) is 5.56 Å². The monoisotopic (exact) mass is 364 g/mol. The minimum atomic E-state index is -0.0399. The van der Waals surface area contributed by atoms with Crippen LogP contribution in [0, 0.1) is 0 Å². The molecule has 0 atom stereocenters. The highest BCUT2D eigenvalue weighted by Gasteiger charge is 2.09. The number of benzene rings is 3. The average molecular weight is 365 g/mol. The van der Waals surface area contributed by atoms with Crippen LogP contribution in [0.25, 0.3) is 4.91 Å². The molecule has 0 spiro atoms. The Hall–Kier alpha value is -2.29. The van der Waals surface area contributed by atoms with Gasteiger partial charge in [-0.3, -0.25) is 4.79 Å². The fraction of sp³-hybridized carbons (Fsp3) is 0.0455. The summed E-state index contributed by atoms with van der Waals surface area (Å²) in [6, 6.07) is 27.3. The summed E-state index contributed by atoms with van der Waals surface area (Å²) >= 11 is 7.67. The quantitative estimate of drug-likeness (QED) is 0.367. The van der Waals surface area contributed by atoms with Gasteiger partial charge in [0.05, 0.1) is 0 Å². The predicted molar refractivity (Wildman–Crippen MR) is 108 cm³/mol. The zero-order chi connectivity index (χ0) is 17.5. The van der Waals surface area contributed by atoms with E-state index in [9.17, 15) is 4.79 Å². The van der Waals surface area contributed by atoms with Crippen LogP contribution in [-0.2, 0) is 5.75 Å². The smallest absolute Gasteiger partial charge is 0.187 e. The van der Waals surface area contributed by atoms with Crippen molar-refractivity contribution in [2.75, 3.05) is 0 Å². The number of halogens is 1. The number of rotatable bonds is 6. The molecule has 0 aliphatic carbocycles. The predicted octanol–water partition coefficient (Wildman–Crippen LogP) is 6.50. The average Bonchev–Trinajstić information content (AvgIpc) is 2.66. The number of carbonyl (C=O) groups excluding carboxylic acids is 1. The molecule has 1 nitrogen and oxygen atoms in total. The van der Waals surface area contributed by atoms with Crippen molar-refractivity contribution in [1.82, 2.24) is 0 Å². The summed E-state index contributed by atoms with van der Waals surface area (Å²) in [5.74, 6) is 0.770. The molecule has 0 aromatic heterocycles. The number of ketones is 1. The van der Waals surface area contributed by atoms with Crippen molar-refractivity contribution < 1.29 is 4.79 Å². The molecule has 0 unspecified atom stereocenters. The highest BCUT2D eigenvalue weighted by molar-refractivity contribution is 8.07. The van der Waals surface area contributed by atoms with E-state index in [1.807, 2.05) is 48.5 Å².